The monoisotopic (exact) mass is 378 g/mol. The van der Waals surface area contributed by atoms with Gasteiger partial charge in [-0.1, -0.05) is 47.3 Å². The van der Waals surface area contributed by atoms with Crippen LogP contribution in [0.4, 0.5) is 4.79 Å². The molecule has 3 amide bonds. The van der Waals surface area contributed by atoms with Crippen LogP contribution in [0.2, 0.25) is 0 Å². The lowest BCUT2D eigenvalue weighted by molar-refractivity contribution is -0.128. The van der Waals surface area contributed by atoms with Gasteiger partial charge in [-0.05, 0) is 30.9 Å². The number of rotatable bonds is 4. The van der Waals surface area contributed by atoms with Gasteiger partial charge >= 0.3 is 6.03 Å². The number of hydrogen-bond donors (Lipinski definition) is 1. The molecule has 23 heavy (non-hydrogen) atoms. The maximum Gasteiger partial charge on any atom is 0.325 e. The van der Waals surface area contributed by atoms with Gasteiger partial charge in [0.1, 0.15) is 6.04 Å². The minimum Gasteiger partial charge on any atom is -0.326 e. The number of amides is 3. The highest BCUT2D eigenvalue weighted by molar-refractivity contribution is 9.10. The van der Waals surface area contributed by atoms with Gasteiger partial charge in [-0.2, -0.15) is 0 Å². The van der Waals surface area contributed by atoms with Gasteiger partial charge in [0.2, 0.25) is 0 Å². The van der Waals surface area contributed by atoms with Crippen molar-refractivity contribution in [2.75, 3.05) is 6.54 Å². The van der Waals surface area contributed by atoms with Crippen molar-refractivity contribution < 1.29 is 14.4 Å². The van der Waals surface area contributed by atoms with E-state index in [1.165, 1.54) is 6.42 Å². The first-order valence-electron chi connectivity index (χ1n) is 7.97. The average Bonchev–Trinajstić information content (AvgIpc) is 2.84. The Bertz CT molecular complexity index is 623. The van der Waals surface area contributed by atoms with Crippen LogP contribution in [0.25, 0.3) is 0 Å². The first-order chi connectivity index (χ1) is 11.1. The fraction of sp³-hybridized carbons (Fsp3) is 0.471. The van der Waals surface area contributed by atoms with Crippen LogP contribution in [0.5, 0.6) is 0 Å². The van der Waals surface area contributed by atoms with E-state index in [1.54, 1.807) is 24.3 Å². The molecule has 3 rings (SSSR count). The average molecular weight is 379 g/mol. The number of imide groups is 1. The van der Waals surface area contributed by atoms with Gasteiger partial charge in [0.15, 0.2) is 5.78 Å². The van der Waals surface area contributed by atoms with Crippen molar-refractivity contribution in [3.63, 3.8) is 0 Å². The molecule has 1 saturated heterocycles. The van der Waals surface area contributed by atoms with Crippen LogP contribution in [0.1, 0.15) is 42.5 Å². The van der Waals surface area contributed by atoms with E-state index in [1.807, 2.05) is 0 Å². The second-order valence-corrected chi connectivity index (χ2v) is 7.10. The van der Waals surface area contributed by atoms with Crippen molar-refractivity contribution in [3.05, 3.63) is 34.3 Å². The van der Waals surface area contributed by atoms with Gasteiger partial charge in [-0.25, -0.2) is 4.79 Å². The van der Waals surface area contributed by atoms with Gasteiger partial charge in [0, 0.05) is 10.0 Å². The predicted octanol–water partition coefficient (Wildman–Crippen LogP) is 3.13. The number of benzene rings is 1. The molecule has 1 aromatic rings. The van der Waals surface area contributed by atoms with Crippen LogP contribution in [0.15, 0.2) is 28.7 Å². The van der Waals surface area contributed by atoms with Gasteiger partial charge in [-0.15, -0.1) is 0 Å². The largest absolute Gasteiger partial charge is 0.326 e. The summed E-state index contributed by atoms with van der Waals surface area (Å²) in [6.07, 6.45) is 5.32. The summed E-state index contributed by atoms with van der Waals surface area (Å²) in [6, 6.07) is 6.00. The molecule has 2 aliphatic rings. The number of nitrogens with one attached hydrogen (secondary N) is 1. The highest BCUT2D eigenvalue weighted by atomic mass is 79.9. The summed E-state index contributed by atoms with van der Waals surface area (Å²) in [7, 11) is 0. The van der Waals surface area contributed by atoms with Crippen molar-refractivity contribution in [2.24, 2.45) is 5.92 Å². The summed E-state index contributed by atoms with van der Waals surface area (Å²) in [5.74, 6) is -0.286. The fourth-order valence-electron chi connectivity index (χ4n) is 3.35. The Labute approximate surface area is 143 Å². The summed E-state index contributed by atoms with van der Waals surface area (Å²) in [5.41, 5.74) is 0.495. The van der Waals surface area contributed by atoms with Gasteiger partial charge in [-0.3, -0.25) is 14.5 Å². The molecule has 6 heteroatoms. The molecule has 1 heterocycles. The van der Waals surface area contributed by atoms with Crippen LogP contribution >= 0.6 is 15.9 Å². The number of nitrogens with zero attached hydrogens (tertiary/aromatic N) is 1. The number of ketones is 1. The molecule has 1 aliphatic carbocycles. The number of carbonyl (C=O) groups excluding carboxylic acids is 3. The van der Waals surface area contributed by atoms with E-state index in [9.17, 15) is 14.4 Å². The normalized spacial score (nSPS) is 22.3. The van der Waals surface area contributed by atoms with E-state index in [0.717, 1.165) is 35.1 Å². The minimum atomic E-state index is -0.458. The maximum atomic E-state index is 12.5. The topological polar surface area (TPSA) is 66.5 Å². The van der Waals surface area contributed by atoms with E-state index in [2.05, 4.69) is 21.2 Å². The number of carbonyl (C=O) groups is 3. The molecule has 1 atom stereocenters. The Kier molecular flexibility index (Phi) is 4.80. The molecule has 5 nitrogen and oxygen atoms in total. The third kappa shape index (κ3) is 3.47. The molecule has 1 aromatic carbocycles. The summed E-state index contributed by atoms with van der Waals surface area (Å²) < 4.78 is 0.876. The van der Waals surface area contributed by atoms with Gasteiger partial charge in [0.05, 0.1) is 6.54 Å². The third-order valence-corrected chi connectivity index (χ3v) is 5.17. The van der Waals surface area contributed by atoms with E-state index in [4.69, 9.17) is 0 Å². The molecule has 0 radical (unpaired) electrons. The molecular weight excluding hydrogens is 360 g/mol. The second kappa shape index (κ2) is 6.83. The molecule has 0 unspecified atom stereocenters. The summed E-state index contributed by atoms with van der Waals surface area (Å²) in [4.78, 5) is 38.0. The van der Waals surface area contributed by atoms with Gasteiger partial charge in [0.25, 0.3) is 5.91 Å². The summed E-state index contributed by atoms with van der Waals surface area (Å²) >= 11 is 3.31. The van der Waals surface area contributed by atoms with E-state index in [-0.39, 0.29) is 24.2 Å². The van der Waals surface area contributed by atoms with Crippen LogP contribution in [-0.4, -0.2) is 35.2 Å². The van der Waals surface area contributed by atoms with Crippen molar-refractivity contribution in [3.8, 4) is 0 Å². The van der Waals surface area contributed by atoms with Crippen LogP contribution in [-0.2, 0) is 4.79 Å². The van der Waals surface area contributed by atoms with Crippen molar-refractivity contribution >= 4 is 33.7 Å². The predicted molar refractivity (Wildman–Crippen MR) is 89.1 cm³/mol. The van der Waals surface area contributed by atoms with E-state index >= 15 is 0 Å². The van der Waals surface area contributed by atoms with Crippen molar-refractivity contribution in [1.82, 2.24) is 10.2 Å². The molecule has 1 N–H and O–H groups in total. The molecule has 122 valence electrons. The third-order valence-electron chi connectivity index (χ3n) is 4.65. The van der Waals surface area contributed by atoms with E-state index < -0.39 is 12.1 Å². The lowest BCUT2D eigenvalue weighted by Crippen LogP contribution is -2.39. The van der Waals surface area contributed by atoms with Crippen molar-refractivity contribution in [2.45, 2.75) is 38.1 Å². The highest BCUT2D eigenvalue weighted by Gasteiger charge is 2.43. The zero-order chi connectivity index (χ0) is 16.4. The first-order valence-corrected chi connectivity index (χ1v) is 8.76. The van der Waals surface area contributed by atoms with Crippen LogP contribution in [0, 0.1) is 5.92 Å². The van der Waals surface area contributed by atoms with Crippen molar-refractivity contribution in [1.29, 1.82) is 0 Å². The zero-order valence-electron chi connectivity index (χ0n) is 12.8. The Morgan fingerprint density at radius 1 is 1.13 bits per heavy atom. The fourth-order valence-corrected chi connectivity index (χ4v) is 3.61. The standard InChI is InChI=1S/C17H19BrN2O3/c18-13-8-6-11(7-9-13)14(21)10-20-16(22)15(19-17(20)23)12-4-2-1-3-5-12/h6-9,12,15H,1-5,10H2,(H,19,23)/t15-/m1/s1. The lowest BCUT2D eigenvalue weighted by Gasteiger charge is -2.25. The Hall–Kier alpha value is -1.69. The molecule has 1 saturated carbocycles. The smallest absolute Gasteiger partial charge is 0.325 e. The molecular formula is C17H19BrN2O3. The highest BCUT2D eigenvalue weighted by Crippen LogP contribution is 2.29. The van der Waals surface area contributed by atoms with Gasteiger partial charge < -0.3 is 5.32 Å². The molecule has 1 aliphatic heterocycles. The Morgan fingerprint density at radius 3 is 2.43 bits per heavy atom. The number of urea groups is 1. The first kappa shape index (κ1) is 16.2. The van der Waals surface area contributed by atoms with Crippen LogP contribution in [0.3, 0.4) is 0 Å². The Morgan fingerprint density at radius 2 is 1.78 bits per heavy atom. The quantitative estimate of drug-likeness (QED) is 0.646. The zero-order valence-corrected chi connectivity index (χ0v) is 14.3. The second-order valence-electron chi connectivity index (χ2n) is 6.18. The minimum absolute atomic E-state index is 0.199. The number of Topliss-reactive ketones (excluding diaryl/α,β-unsaturated/α-hetero) is 1. The lowest BCUT2D eigenvalue weighted by atomic mass is 9.84. The molecule has 2 fully saturated rings. The summed E-state index contributed by atoms with van der Waals surface area (Å²) in [6.45, 7) is -0.199. The summed E-state index contributed by atoms with van der Waals surface area (Å²) in [5, 5.41) is 2.77. The molecule has 0 bridgehead atoms. The van der Waals surface area contributed by atoms with Crippen LogP contribution < -0.4 is 5.32 Å². The molecule has 0 aromatic heterocycles. The maximum absolute atomic E-state index is 12.5. The number of hydrogen-bond acceptors (Lipinski definition) is 3. The SMILES string of the molecule is O=C(CN1C(=O)N[C@H](C2CCCCC2)C1=O)c1ccc(Br)cc1. The number of halogens is 1. The Balaban J connectivity index is 1.67. The molecule has 0 spiro atoms. The van der Waals surface area contributed by atoms with E-state index in [0.29, 0.717) is 5.56 Å².